The fourth-order valence-electron chi connectivity index (χ4n) is 2.70. The highest BCUT2D eigenvalue weighted by molar-refractivity contribution is 7.93. The number of rotatable bonds is 6. The van der Waals surface area contributed by atoms with Gasteiger partial charge in [0.2, 0.25) is 0 Å². The molecule has 0 aliphatic carbocycles. The van der Waals surface area contributed by atoms with Crippen molar-refractivity contribution in [1.29, 1.82) is 0 Å². The van der Waals surface area contributed by atoms with E-state index in [1.54, 1.807) is 6.07 Å². The average Bonchev–Trinajstić information content (AvgIpc) is 3.41. The molecule has 120 valence electrons. The number of nitro benzene ring substituents is 1. The van der Waals surface area contributed by atoms with Crippen LogP contribution in [0, 0.1) is 10.1 Å². The first-order chi connectivity index (χ1) is 11.1. The van der Waals surface area contributed by atoms with Crippen LogP contribution in [0.25, 0.3) is 10.8 Å². The second-order valence-electron chi connectivity index (χ2n) is 5.81. The van der Waals surface area contributed by atoms with Crippen LogP contribution in [-0.2, 0) is 11.1 Å². The van der Waals surface area contributed by atoms with Crippen LogP contribution in [0.4, 0.5) is 5.69 Å². The maximum absolute atomic E-state index is 11.1. The van der Waals surface area contributed by atoms with E-state index >= 15 is 0 Å². The Bertz CT molecular complexity index is 818. The van der Waals surface area contributed by atoms with Gasteiger partial charge in [-0.2, -0.15) is 0 Å². The lowest BCUT2D eigenvalue weighted by atomic mass is 10.1. The van der Waals surface area contributed by atoms with E-state index in [9.17, 15) is 10.1 Å². The number of hydrogen-bond acceptors (Lipinski definition) is 3. The van der Waals surface area contributed by atoms with Crippen LogP contribution in [0.3, 0.4) is 0 Å². The Morgan fingerprint density at radius 3 is 2.48 bits per heavy atom. The number of hydrogen-bond donors (Lipinski definition) is 0. The fourth-order valence-corrected chi connectivity index (χ4v) is 6.37. The molecule has 23 heavy (non-hydrogen) atoms. The predicted octanol–water partition coefficient (Wildman–Crippen LogP) is 3.72. The molecule has 0 saturated carbocycles. The summed E-state index contributed by atoms with van der Waals surface area (Å²) in [7, 11) is 2.11. The fraction of sp³-hybridized carbons (Fsp3) is 0.333. The zero-order valence-electron chi connectivity index (χ0n) is 12.5. The molecule has 2 aromatic carbocycles. The molecule has 6 nitrogen and oxygen atoms in total. The molecule has 4 rings (SSSR count). The lowest BCUT2D eigenvalue weighted by Gasteiger charge is -2.26. The van der Waals surface area contributed by atoms with Crippen molar-refractivity contribution >= 4 is 32.1 Å². The molecule has 2 fully saturated rings. The number of non-ortho nitro benzene ring substituents is 1. The topological polar surface area (TPSA) is 58.4 Å². The van der Waals surface area contributed by atoms with Crippen LogP contribution in [-0.4, -0.2) is 40.4 Å². The van der Waals surface area contributed by atoms with Crippen molar-refractivity contribution in [2.75, 3.05) is 26.2 Å². The molecule has 0 bridgehead atoms. The highest BCUT2D eigenvalue weighted by atomic mass is 31.8. The Hall–Kier alpha value is -1.29. The van der Waals surface area contributed by atoms with Gasteiger partial charge in [-0.15, -0.1) is 0 Å². The molecule has 0 amide bonds. The predicted molar refractivity (Wildman–Crippen MR) is 93.8 cm³/mol. The van der Waals surface area contributed by atoms with Crippen LogP contribution in [0.5, 0.6) is 0 Å². The third-order valence-corrected chi connectivity index (χ3v) is 9.05. The first kappa shape index (κ1) is 15.3. The normalized spacial score (nSPS) is 18.3. The Kier molecular flexibility index (Phi) is 3.75. The summed E-state index contributed by atoms with van der Waals surface area (Å²) in [6.07, 6.45) is 0. The molecule has 0 aromatic heterocycles. The molecule has 8 heteroatoms. The van der Waals surface area contributed by atoms with Crippen molar-refractivity contribution in [3.63, 3.8) is 0 Å². The third-order valence-electron chi connectivity index (χ3n) is 4.14. The summed E-state index contributed by atoms with van der Waals surface area (Å²) in [5, 5.41) is 12.6. The lowest BCUT2D eigenvalue weighted by Crippen LogP contribution is -2.06. The van der Waals surface area contributed by atoms with E-state index in [1.807, 2.05) is 24.3 Å². The number of nitro groups is 1. The molecular weight excluding hydrogens is 332 g/mol. The molecule has 0 radical (unpaired) electrons. The van der Waals surface area contributed by atoms with Gasteiger partial charge in [0.15, 0.2) is 7.08 Å². The quantitative estimate of drug-likeness (QED) is 0.344. The molecule has 2 aliphatic rings. The standard InChI is InChI=1S/C15H17N3O3P2/c19-18(20)15-3-1-2-13-10-12(4-5-14(13)15)11-21-23(22,16-6-7-16)17-8-9-17/h1-5,10,22H,6-9,11H2. The van der Waals surface area contributed by atoms with E-state index in [0.29, 0.717) is 12.0 Å². The van der Waals surface area contributed by atoms with E-state index in [2.05, 4.69) is 17.9 Å². The van der Waals surface area contributed by atoms with Crippen LogP contribution in [0.15, 0.2) is 36.4 Å². The van der Waals surface area contributed by atoms with E-state index < -0.39 is 7.08 Å². The van der Waals surface area contributed by atoms with Gasteiger partial charge >= 0.3 is 0 Å². The van der Waals surface area contributed by atoms with Gasteiger partial charge in [-0.1, -0.05) is 26.7 Å². The van der Waals surface area contributed by atoms with Crippen molar-refractivity contribution in [3.05, 3.63) is 52.1 Å². The van der Waals surface area contributed by atoms with Gasteiger partial charge in [0.05, 0.1) is 16.9 Å². The Labute approximate surface area is 136 Å². The summed E-state index contributed by atoms with van der Waals surface area (Å²) in [6, 6.07) is 10.9. The maximum atomic E-state index is 11.1. The first-order valence-electron chi connectivity index (χ1n) is 7.53. The third kappa shape index (κ3) is 2.93. The molecule has 2 saturated heterocycles. The minimum absolute atomic E-state index is 0.144. The van der Waals surface area contributed by atoms with Crippen molar-refractivity contribution in [2.45, 2.75) is 6.61 Å². The average molecular weight is 349 g/mol. The first-order valence-corrected chi connectivity index (χ1v) is 10.5. The van der Waals surface area contributed by atoms with Gasteiger partial charge in [0, 0.05) is 32.2 Å². The molecule has 0 unspecified atom stereocenters. The number of benzene rings is 2. The van der Waals surface area contributed by atoms with Crippen molar-refractivity contribution in [1.82, 2.24) is 9.34 Å². The molecule has 0 spiro atoms. The summed E-state index contributed by atoms with van der Waals surface area (Å²) in [5.41, 5.74) is 1.18. The monoisotopic (exact) mass is 349 g/mol. The van der Waals surface area contributed by atoms with Crippen molar-refractivity contribution in [2.24, 2.45) is 0 Å². The molecule has 2 aliphatic heterocycles. The summed E-state index contributed by atoms with van der Waals surface area (Å²) in [5.74, 6) is 0. The van der Waals surface area contributed by atoms with Crippen LogP contribution in [0.1, 0.15) is 5.56 Å². The summed E-state index contributed by atoms with van der Waals surface area (Å²) < 4.78 is 10.9. The van der Waals surface area contributed by atoms with E-state index in [-0.39, 0.29) is 10.6 Å². The highest BCUT2D eigenvalue weighted by Crippen LogP contribution is 2.65. The van der Waals surface area contributed by atoms with Gasteiger partial charge < -0.3 is 4.52 Å². The van der Waals surface area contributed by atoms with Gasteiger partial charge in [0.25, 0.3) is 5.69 Å². The van der Waals surface area contributed by atoms with Gasteiger partial charge in [0.1, 0.15) is 0 Å². The Morgan fingerprint density at radius 2 is 1.87 bits per heavy atom. The van der Waals surface area contributed by atoms with Gasteiger partial charge in [-0.05, 0) is 23.1 Å². The smallest absolute Gasteiger partial charge is 0.277 e. The van der Waals surface area contributed by atoms with Crippen molar-refractivity contribution in [3.8, 4) is 0 Å². The van der Waals surface area contributed by atoms with Gasteiger partial charge in [-0.3, -0.25) is 10.1 Å². The van der Waals surface area contributed by atoms with E-state index in [4.69, 9.17) is 4.52 Å². The van der Waals surface area contributed by atoms with Gasteiger partial charge in [-0.25, -0.2) is 9.34 Å². The van der Waals surface area contributed by atoms with E-state index in [0.717, 1.165) is 37.1 Å². The Morgan fingerprint density at radius 1 is 1.17 bits per heavy atom. The van der Waals surface area contributed by atoms with E-state index in [1.165, 1.54) is 6.07 Å². The number of nitrogens with zero attached hydrogens (tertiary/aromatic N) is 3. The molecule has 2 heterocycles. The van der Waals surface area contributed by atoms with Crippen molar-refractivity contribution < 1.29 is 9.45 Å². The molecule has 0 N–H and O–H groups in total. The van der Waals surface area contributed by atoms with Crippen LogP contribution in [0.2, 0.25) is 0 Å². The maximum Gasteiger partial charge on any atom is 0.277 e. The molecule has 0 atom stereocenters. The minimum Gasteiger partial charge on any atom is -0.327 e. The minimum atomic E-state index is -1.78. The Balaban J connectivity index is 1.58. The second-order valence-corrected chi connectivity index (χ2v) is 10.0. The summed E-state index contributed by atoms with van der Waals surface area (Å²) >= 11 is 0. The second kappa shape index (κ2) is 5.66. The zero-order valence-corrected chi connectivity index (χ0v) is 14.4. The largest absolute Gasteiger partial charge is 0.327 e. The highest BCUT2D eigenvalue weighted by Gasteiger charge is 2.43. The molecule has 2 aromatic rings. The lowest BCUT2D eigenvalue weighted by molar-refractivity contribution is -0.383. The molecular formula is C15H17N3O3P2. The van der Waals surface area contributed by atoms with Crippen LogP contribution >= 0.6 is 15.6 Å². The van der Waals surface area contributed by atoms with Crippen LogP contribution < -0.4 is 0 Å². The zero-order chi connectivity index (χ0) is 16.0. The summed E-state index contributed by atoms with van der Waals surface area (Å²) in [4.78, 5) is 10.7. The summed E-state index contributed by atoms with van der Waals surface area (Å²) in [6.45, 7) is 4.83. The number of fused-ring (bicyclic) bond motifs is 1. The SMILES string of the molecule is O=[N+]([O-])c1cccc2cc(COP(=P)(N3CC3)N3CC3)ccc12.